The van der Waals surface area contributed by atoms with Crippen LogP contribution in [0.2, 0.25) is 0 Å². The van der Waals surface area contributed by atoms with Crippen LogP contribution in [0.5, 0.6) is 0 Å². The minimum absolute atomic E-state index is 0.152. The van der Waals surface area contributed by atoms with E-state index in [0.29, 0.717) is 5.56 Å². The second kappa shape index (κ2) is 5.49. The topological polar surface area (TPSA) is 0 Å². The second-order valence-corrected chi connectivity index (χ2v) is 5.87. The molecular weight excluding hydrogens is 366 g/mol. The Balaban J connectivity index is 2.41. The summed E-state index contributed by atoms with van der Waals surface area (Å²) >= 11 is 6.92. The highest BCUT2D eigenvalue weighted by Gasteiger charge is 2.14. The van der Waals surface area contributed by atoms with Gasteiger partial charge in [0.2, 0.25) is 0 Å². The third-order valence-corrected chi connectivity index (χ3v) is 4.26. The van der Waals surface area contributed by atoms with E-state index in [4.69, 9.17) is 0 Å². The van der Waals surface area contributed by atoms with Crippen molar-refractivity contribution in [1.82, 2.24) is 0 Å². The van der Waals surface area contributed by atoms with Crippen molar-refractivity contribution in [3.63, 3.8) is 0 Å². The van der Waals surface area contributed by atoms with Crippen LogP contribution in [0.1, 0.15) is 21.5 Å². The number of hydrogen-bond acceptors (Lipinski definition) is 0. The Morgan fingerprint density at radius 2 is 1.72 bits per heavy atom. The smallest absolute Gasteiger partial charge is 0.159 e. The lowest BCUT2D eigenvalue weighted by molar-refractivity contribution is 0.507. The third-order valence-electron chi connectivity index (χ3n) is 2.74. The molecule has 0 amide bonds. The van der Waals surface area contributed by atoms with E-state index in [1.807, 2.05) is 25.1 Å². The van der Waals surface area contributed by atoms with Crippen LogP contribution >= 0.6 is 31.9 Å². The van der Waals surface area contributed by atoms with Crippen molar-refractivity contribution < 1.29 is 8.78 Å². The van der Waals surface area contributed by atoms with Crippen LogP contribution in [0.25, 0.3) is 0 Å². The summed E-state index contributed by atoms with van der Waals surface area (Å²) in [5.41, 5.74) is 2.81. The number of aryl methyl sites for hydroxylation is 1. The molecule has 0 aliphatic rings. The highest BCUT2D eigenvalue weighted by Crippen LogP contribution is 2.34. The van der Waals surface area contributed by atoms with Crippen LogP contribution in [0.4, 0.5) is 8.78 Å². The van der Waals surface area contributed by atoms with Gasteiger partial charge in [0.05, 0.1) is 4.83 Å². The Labute approximate surface area is 121 Å². The van der Waals surface area contributed by atoms with Gasteiger partial charge in [-0.3, -0.25) is 0 Å². The van der Waals surface area contributed by atoms with Crippen LogP contribution in [-0.2, 0) is 0 Å². The van der Waals surface area contributed by atoms with E-state index in [-0.39, 0.29) is 4.83 Å². The van der Waals surface area contributed by atoms with Gasteiger partial charge in [0.25, 0.3) is 0 Å². The molecule has 0 saturated heterocycles. The van der Waals surface area contributed by atoms with Gasteiger partial charge < -0.3 is 0 Å². The second-order valence-electron chi connectivity index (χ2n) is 4.04. The van der Waals surface area contributed by atoms with Crippen molar-refractivity contribution in [3.05, 3.63) is 69.2 Å². The summed E-state index contributed by atoms with van der Waals surface area (Å²) in [4.78, 5) is -0.152. The van der Waals surface area contributed by atoms with E-state index in [1.165, 1.54) is 6.07 Å². The van der Waals surface area contributed by atoms with Gasteiger partial charge in [-0.2, -0.15) is 0 Å². The Morgan fingerprint density at radius 3 is 2.33 bits per heavy atom. The molecule has 2 aromatic rings. The van der Waals surface area contributed by atoms with E-state index in [1.54, 1.807) is 6.07 Å². The molecule has 0 radical (unpaired) electrons. The maximum atomic E-state index is 13.2. The van der Waals surface area contributed by atoms with E-state index in [9.17, 15) is 8.78 Å². The maximum absolute atomic E-state index is 13.2. The SMILES string of the molecule is Cc1cc(Br)ccc1C(Br)c1ccc(F)c(F)c1. The zero-order valence-corrected chi connectivity index (χ0v) is 12.7. The van der Waals surface area contributed by atoms with Gasteiger partial charge in [0, 0.05) is 4.47 Å². The van der Waals surface area contributed by atoms with E-state index < -0.39 is 11.6 Å². The van der Waals surface area contributed by atoms with Gasteiger partial charge in [-0.1, -0.05) is 44.0 Å². The number of benzene rings is 2. The average Bonchev–Trinajstić information content (AvgIpc) is 2.32. The van der Waals surface area contributed by atoms with E-state index in [0.717, 1.165) is 21.7 Å². The summed E-state index contributed by atoms with van der Waals surface area (Å²) in [6.45, 7) is 1.98. The van der Waals surface area contributed by atoms with Crippen molar-refractivity contribution in [2.75, 3.05) is 0 Å². The van der Waals surface area contributed by atoms with Crippen molar-refractivity contribution in [2.24, 2.45) is 0 Å². The number of rotatable bonds is 2. The molecule has 0 aromatic heterocycles. The quantitative estimate of drug-likeness (QED) is 0.606. The molecule has 1 atom stereocenters. The lowest BCUT2D eigenvalue weighted by Gasteiger charge is -2.14. The Bertz CT molecular complexity index is 582. The molecule has 0 spiro atoms. The Hall–Kier alpha value is -0.740. The van der Waals surface area contributed by atoms with Crippen molar-refractivity contribution in [3.8, 4) is 0 Å². The van der Waals surface area contributed by atoms with Crippen LogP contribution in [-0.4, -0.2) is 0 Å². The first-order valence-corrected chi connectivity index (χ1v) is 7.05. The standard InChI is InChI=1S/C14H10Br2F2/c1-8-6-10(15)3-4-11(8)14(16)9-2-5-12(17)13(18)7-9/h2-7,14H,1H3. The minimum Gasteiger partial charge on any atom is -0.204 e. The minimum atomic E-state index is -0.828. The molecule has 0 bridgehead atoms. The molecule has 1 unspecified atom stereocenters. The fraction of sp³-hybridized carbons (Fsp3) is 0.143. The summed E-state index contributed by atoms with van der Waals surface area (Å²) < 4.78 is 27.1. The van der Waals surface area contributed by atoms with E-state index in [2.05, 4.69) is 31.9 Å². The fourth-order valence-corrected chi connectivity index (χ4v) is 3.05. The molecule has 2 rings (SSSR count). The highest BCUT2D eigenvalue weighted by atomic mass is 79.9. The predicted molar refractivity (Wildman–Crippen MR) is 76.0 cm³/mol. The van der Waals surface area contributed by atoms with Crippen molar-refractivity contribution in [2.45, 2.75) is 11.8 Å². The predicted octanol–water partition coefficient (Wildman–Crippen LogP) is 5.52. The first kappa shape index (κ1) is 13.7. The molecule has 0 N–H and O–H groups in total. The zero-order valence-electron chi connectivity index (χ0n) is 9.55. The summed E-state index contributed by atoms with van der Waals surface area (Å²) in [6, 6.07) is 9.82. The highest BCUT2D eigenvalue weighted by molar-refractivity contribution is 9.10. The van der Waals surface area contributed by atoms with Crippen LogP contribution < -0.4 is 0 Å². The number of hydrogen-bond donors (Lipinski definition) is 0. The maximum Gasteiger partial charge on any atom is 0.159 e. The number of alkyl halides is 1. The first-order valence-electron chi connectivity index (χ1n) is 5.34. The summed E-state index contributed by atoms with van der Waals surface area (Å²) in [5.74, 6) is -1.65. The molecule has 2 aromatic carbocycles. The van der Waals surface area contributed by atoms with Crippen LogP contribution in [0.15, 0.2) is 40.9 Å². The molecular formula is C14H10Br2F2. The van der Waals surface area contributed by atoms with Gasteiger partial charge >= 0.3 is 0 Å². The molecule has 94 valence electrons. The molecule has 0 nitrogen and oxygen atoms in total. The fourth-order valence-electron chi connectivity index (χ4n) is 1.77. The van der Waals surface area contributed by atoms with Gasteiger partial charge in [0.1, 0.15) is 0 Å². The Morgan fingerprint density at radius 1 is 1.00 bits per heavy atom. The van der Waals surface area contributed by atoms with Gasteiger partial charge in [-0.15, -0.1) is 0 Å². The first-order chi connectivity index (χ1) is 8.49. The molecule has 0 aliphatic carbocycles. The van der Waals surface area contributed by atoms with E-state index >= 15 is 0 Å². The van der Waals surface area contributed by atoms with Gasteiger partial charge in [-0.25, -0.2) is 8.78 Å². The number of halogens is 4. The lowest BCUT2D eigenvalue weighted by atomic mass is 10.0. The van der Waals surface area contributed by atoms with Crippen LogP contribution in [0, 0.1) is 18.6 Å². The van der Waals surface area contributed by atoms with Gasteiger partial charge in [-0.05, 0) is 47.9 Å². The Kier molecular flexibility index (Phi) is 4.17. The molecule has 0 aliphatic heterocycles. The normalized spacial score (nSPS) is 12.5. The van der Waals surface area contributed by atoms with Crippen molar-refractivity contribution in [1.29, 1.82) is 0 Å². The molecule has 0 heterocycles. The molecule has 18 heavy (non-hydrogen) atoms. The summed E-state index contributed by atoms with van der Waals surface area (Å²) in [7, 11) is 0. The third kappa shape index (κ3) is 2.81. The van der Waals surface area contributed by atoms with Gasteiger partial charge in [0.15, 0.2) is 11.6 Å². The monoisotopic (exact) mass is 374 g/mol. The lowest BCUT2D eigenvalue weighted by Crippen LogP contribution is -1.97. The zero-order chi connectivity index (χ0) is 13.3. The molecule has 0 fully saturated rings. The van der Waals surface area contributed by atoms with Crippen LogP contribution in [0.3, 0.4) is 0 Å². The molecule has 4 heteroatoms. The largest absolute Gasteiger partial charge is 0.204 e. The summed E-state index contributed by atoms with van der Waals surface area (Å²) in [5, 5.41) is 0. The summed E-state index contributed by atoms with van der Waals surface area (Å²) in [6.07, 6.45) is 0. The average molecular weight is 376 g/mol. The molecule has 0 saturated carbocycles. The van der Waals surface area contributed by atoms with Crippen molar-refractivity contribution >= 4 is 31.9 Å².